The Balaban J connectivity index is 2.11. The lowest BCUT2D eigenvalue weighted by Gasteiger charge is -2.43. The van der Waals surface area contributed by atoms with Gasteiger partial charge in [0.15, 0.2) is 5.78 Å². The van der Waals surface area contributed by atoms with Crippen LogP contribution in [0.15, 0.2) is 0 Å². The van der Waals surface area contributed by atoms with Gasteiger partial charge in [0.05, 0.1) is 6.04 Å². The topological polar surface area (TPSA) is 29.1 Å². The maximum Gasteiger partial charge on any atom is 0.155 e. The standard InChI is InChI=1S/C21H39NO/c1-20(2,3)19(23)18(22-21(4,5)6)14-16-12-9-11-15-10-7-8-13-17(15)16/h15-18,22H,7-14H2,1-6H3. The Morgan fingerprint density at radius 1 is 0.957 bits per heavy atom. The molecule has 0 heterocycles. The maximum atomic E-state index is 13.0. The van der Waals surface area contributed by atoms with E-state index in [0.717, 1.165) is 24.2 Å². The van der Waals surface area contributed by atoms with E-state index in [2.05, 4.69) is 46.9 Å². The molecule has 0 radical (unpaired) electrons. The Bertz CT molecular complexity index is 399. The van der Waals surface area contributed by atoms with Crippen molar-refractivity contribution in [2.45, 2.75) is 104 Å². The van der Waals surface area contributed by atoms with Crippen molar-refractivity contribution < 1.29 is 4.79 Å². The van der Waals surface area contributed by atoms with E-state index < -0.39 is 0 Å². The Morgan fingerprint density at radius 2 is 1.57 bits per heavy atom. The lowest BCUT2D eigenvalue weighted by Crippen LogP contribution is -2.52. The highest BCUT2D eigenvalue weighted by molar-refractivity contribution is 5.88. The van der Waals surface area contributed by atoms with Crippen LogP contribution in [-0.2, 0) is 4.79 Å². The third-order valence-corrected chi connectivity index (χ3v) is 5.92. The van der Waals surface area contributed by atoms with Gasteiger partial charge in [-0.1, -0.05) is 59.3 Å². The minimum Gasteiger partial charge on any atom is -0.303 e. The second-order valence-corrected chi connectivity index (χ2v) is 10.2. The van der Waals surface area contributed by atoms with Crippen LogP contribution in [0.25, 0.3) is 0 Å². The highest BCUT2D eigenvalue weighted by atomic mass is 16.1. The van der Waals surface area contributed by atoms with E-state index in [1.54, 1.807) is 0 Å². The molecule has 2 aliphatic carbocycles. The largest absolute Gasteiger partial charge is 0.303 e. The van der Waals surface area contributed by atoms with Gasteiger partial charge in [0.25, 0.3) is 0 Å². The number of Topliss-reactive ketones (excluding diaryl/α,β-unsaturated/α-hetero) is 1. The van der Waals surface area contributed by atoms with Gasteiger partial charge in [-0.15, -0.1) is 0 Å². The van der Waals surface area contributed by atoms with E-state index in [0.29, 0.717) is 5.78 Å². The van der Waals surface area contributed by atoms with Crippen LogP contribution in [0.2, 0.25) is 0 Å². The fourth-order valence-corrected chi connectivity index (χ4v) is 4.94. The number of nitrogens with one attached hydrogen (secondary N) is 1. The number of fused-ring (bicyclic) bond motifs is 1. The van der Waals surface area contributed by atoms with Crippen LogP contribution in [0.5, 0.6) is 0 Å². The number of carbonyl (C=O) groups is 1. The van der Waals surface area contributed by atoms with Crippen LogP contribution < -0.4 is 5.32 Å². The van der Waals surface area contributed by atoms with Gasteiger partial charge < -0.3 is 5.32 Å². The Morgan fingerprint density at radius 3 is 2.17 bits per heavy atom. The second-order valence-electron chi connectivity index (χ2n) is 10.2. The van der Waals surface area contributed by atoms with Gasteiger partial charge in [0.1, 0.15) is 0 Å². The zero-order valence-electron chi connectivity index (χ0n) is 16.4. The van der Waals surface area contributed by atoms with Crippen molar-refractivity contribution in [2.75, 3.05) is 0 Å². The summed E-state index contributed by atoms with van der Waals surface area (Å²) >= 11 is 0. The zero-order chi connectivity index (χ0) is 17.3. The first kappa shape index (κ1) is 19.0. The number of carbonyl (C=O) groups excluding carboxylic acids is 1. The van der Waals surface area contributed by atoms with Crippen LogP contribution >= 0.6 is 0 Å². The molecule has 0 saturated heterocycles. The van der Waals surface area contributed by atoms with Crippen LogP contribution in [0.4, 0.5) is 0 Å². The van der Waals surface area contributed by atoms with Crippen LogP contribution in [0.3, 0.4) is 0 Å². The predicted molar refractivity (Wildman–Crippen MR) is 98.5 cm³/mol. The lowest BCUT2D eigenvalue weighted by atomic mass is 9.63. The van der Waals surface area contributed by atoms with Crippen molar-refractivity contribution in [3.05, 3.63) is 0 Å². The normalized spacial score (nSPS) is 30.6. The number of hydrogen-bond acceptors (Lipinski definition) is 2. The summed E-state index contributed by atoms with van der Waals surface area (Å²) < 4.78 is 0. The molecule has 0 aromatic heterocycles. The first-order valence-corrected chi connectivity index (χ1v) is 9.90. The third-order valence-electron chi connectivity index (χ3n) is 5.92. The molecule has 0 aromatic carbocycles. The van der Waals surface area contributed by atoms with Crippen molar-refractivity contribution in [2.24, 2.45) is 23.2 Å². The van der Waals surface area contributed by atoms with Crippen molar-refractivity contribution in [1.29, 1.82) is 0 Å². The average Bonchev–Trinajstić information content (AvgIpc) is 2.44. The van der Waals surface area contributed by atoms with E-state index in [-0.39, 0.29) is 17.0 Å². The summed E-state index contributed by atoms with van der Waals surface area (Å²) in [6.07, 6.45) is 10.9. The van der Waals surface area contributed by atoms with Crippen molar-refractivity contribution >= 4 is 5.78 Å². The summed E-state index contributed by atoms with van der Waals surface area (Å²) in [5, 5.41) is 3.66. The first-order valence-electron chi connectivity index (χ1n) is 9.90. The second kappa shape index (κ2) is 7.25. The van der Waals surface area contributed by atoms with Gasteiger partial charge in [0, 0.05) is 11.0 Å². The van der Waals surface area contributed by atoms with Crippen molar-refractivity contribution in [1.82, 2.24) is 5.32 Å². The fraction of sp³-hybridized carbons (Fsp3) is 0.952. The lowest BCUT2D eigenvalue weighted by molar-refractivity contribution is -0.129. The minimum absolute atomic E-state index is 0.00773. The molecule has 134 valence electrons. The maximum absolute atomic E-state index is 13.0. The highest BCUT2D eigenvalue weighted by Gasteiger charge is 2.39. The summed E-state index contributed by atoms with van der Waals surface area (Å²) in [6, 6.07) is 0.0145. The summed E-state index contributed by atoms with van der Waals surface area (Å²) in [5.74, 6) is 2.97. The van der Waals surface area contributed by atoms with E-state index in [4.69, 9.17) is 0 Å². The van der Waals surface area contributed by atoms with Crippen molar-refractivity contribution in [3.63, 3.8) is 0 Å². The molecule has 0 aliphatic heterocycles. The molecule has 0 aromatic rings. The van der Waals surface area contributed by atoms with Crippen molar-refractivity contribution in [3.8, 4) is 0 Å². The quantitative estimate of drug-likeness (QED) is 0.755. The van der Waals surface area contributed by atoms with Gasteiger partial charge >= 0.3 is 0 Å². The molecule has 2 aliphatic rings. The molecule has 2 fully saturated rings. The van der Waals surface area contributed by atoms with Gasteiger partial charge in [-0.3, -0.25) is 4.79 Å². The molecule has 2 nitrogen and oxygen atoms in total. The Kier molecular flexibility index (Phi) is 5.98. The summed E-state index contributed by atoms with van der Waals surface area (Å²) in [7, 11) is 0. The van der Waals surface area contributed by atoms with Gasteiger partial charge in [-0.2, -0.15) is 0 Å². The fourth-order valence-electron chi connectivity index (χ4n) is 4.94. The predicted octanol–water partition coefficient (Wildman–Crippen LogP) is 5.35. The number of hydrogen-bond donors (Lipinski definition) is 1. The number of ketones is 1. The minimum atomic E-state index is -0.260. The highest BCUT2D eigenvalue weighted by Crippen LogP contribution is 2.45. The van der Waals surface area contributed by atoms with Crippen LogP contribution in [0, 0.1) is 23.2 Å². The van der Waals surface area contributed by atoms with Crippen LogP contribution in [-0.4, -0.2) is 17.4 Å². The smallest absolute Gasteiger partial charge is 0.155 e. The van der Waals surface area contributed by atoms with Crippen LogP contribution in [0.1, 0.15) is 92.9 Å². The molecule has 0 bridgehead atoms. The molecule has 4 atom stereocenters. The summed E-state index contributed by atoms with van der Waals surface area (Å²) in [4.78, 5) is 13.0. The number of rotatable bonds is 4. The Labute approximate surface area is 144 Å². The molecule has 0 amide bonds. The van der Waals surface area contributed by atoms with E-state index >= 15 is 0 Å². The zero-order valence-corrected chi connectivity index (χ0v) is 16.4. The third kappa shape index (κ3) is 5.31. The molecular formula is C21H39NO. The van der Waals surface area contributed by atoms with Gasteiger partial charge in [-0.25, -0.2) is 0 Å². The first-order chi connectivity index (χ1) is 10.6. The van der Waals surface area contributed by atoms with E-state index in [1.807, 2.05) is 0 Å². The molecule has 1 N–H and O–H groups in total. The molecule has 2 heteroatoms. The molecule has 2 rings (SSSR count). The molecule has 4 unspecified atom stereocenters. The SMILES string of the molecule is CC(C)(C)NC(CC1CCCC2CCCCC21)C(=O)C(C)(C)C. The van der Waals surface area contributed by atoms with E-state index in [1.165, 1.54) is 44.9 Å². The van der Waals surface area contributed by atoms with E-state index in [9.17, 15) is 4.79 Å². The van der Waals surface area contributed by atoms with Gasteiger partial charge in [-0.05, 0) is 51.4 Å². The summed E-state index contributed by atoms with van der Waals surface area (Å²) in [5.41, 5.74) is -0.268. The molecule has 0 spiro atoms. The molecular weight excluding hydrogens is 282 g/mol. The average molecular weight is 322 g/mol. The molecule has 2 saturated carbocycles. The summed E-state index contributed by atoms with van der Waals surface area (Å²) in [6.45, 7) is 12.7. The Hall–Kier alpha value is -0.370. The monoisotopic (exact) mass is 321 g/mol. The van der Waals surface area contributed by atoms with Gasteiger partial charge in [0.2, 0.25) is 0 Å². The molecule has 23 heavy (non-hydrogen) atoms.